The summed E-state index contributed by atoms with van der Waals surface area (Å²) in [6, 6.07) is 0.817. The number of ether oxygens (including phenoxy) is 2. The molecule has 2 rings (SSSR count). The molecule has 1 aliphatic heterocycles. The predicted octanol–water partition coefficient (Wildman–Crippen LogP) is 2.94. The SMILES string of the molecule is C/C=C/c1oc(COC2CCCCO2)cc(=O)c1OS(=O)(=O)C(F)(F)F. The molecule has 0 radical (unpaired) electrons. The lowest BCUT2D eigenvalue weighted by atomic mass is 10.2. The molecule has 0 saturated carbocycles. The van der Waals surface area contributed by atoms with Crippen LogP contribution in [0.15, 0.2) is 21.4 Å². The normalized spacial score (nSPS) is 19.0. The summed E-state index contributed by atoms with van der Waals surface area (Å²) in [6.45, 7) is 1.87. The standard InChI is InChI=1S/C15H17F3O7S/c1-2-5-12-14(25-26(20,21)15(16,17)18)11(19)8-10(24-12)9-23-13-6-3-4-7-22-13/h2,5,8,13H,3-4,6-7,9H2,1H3/b5-2+. The number of rotatable bonds is 6. The predicted molar refractivity (Wildman–Crippen MR) is 83.7 cm³/mol. The van der Waals surface area contributed by atoms with E-state index in [0.717, 1.165) is 25.0 Å². The first-order valence-corrected chi connectivity index (χ1v) is 9.08. The van der Waals surface area contributed by atoms with Gasteiger partial charge in [0.15, 0.2) is 12.1 Å². The summed E-state index contributed by atoms with van der Waals surface area (Å²) in [6.07, 6.45) is 4.49. The summed E-state index contributed by atoms with van der Waals surface area (Å²) in [5.74, 6) is -1.54. The van der Waals surface area contributed by atoms with Crippen molar-refractivity contribution in [3.63, 3.8) is 0 Å². The Morgan fingerprint density at radius 2 is 2.08 bits per heavy atom. The molecule has 1 saturated heterocycles. The Kier molecular flexibility index (Phi) is 6.48. The Hall–Kier alpha value is -1.85. The van der Waals surface area contributed by atoms with E-state index in [4.69, 9.17) is 13.9 Å². The maximum atomic E-state index is 12.5. The van der Waals surface area contributed by atoms with E-state index in [1.54, 1.807) is 0 Å². The lowest BCUT2D eigenvalue weighted by molar-refractivity contribution is -0.171. The Morgan fingerprint density at radius 3 is 2.65 bits per heavy atom. The second-order valence-corrected chi connectivity index (χ2v) is 6.90. The average molecular weight is 398 g/mol. The quantitative estimate of drug-likeness (QED) is 0.537. The van der Waals surface area contributed by atoms with E-state index in [0.29, 0.717) is 13.0 Å². The van der Waals surface area contributed by atoms with Crippen molar-refractivity contribution in [2.75, 3.05) is 6.61 Å². The van der Waals surface area contributed by atoms with Crippen LogP contribution in [0.1, 0.15) is 37.7 Å². The summed E-state index contributed by atoms with van der Waals surface area (Å²) >= 11 is 0. The van der Waals surface area contributed by atoms with E-state index in [-0.39, 0.29) is 12.4 Å². The first kappa shape index (κ1) is 20.5. The van der Waals surface area contributed by atoms with Crippen molar-refractivity contribution in [2.45, 2.75) is 44.6 Å². The summed E-state index contributed by atoms with van der Waals surface area (Å²) in [5.41, 5.74) is -6.76. The van der Waals surface area contributed by atoms with Crippen molar-refractivity contribution in [1.82, 2.24) is 0 Å². The number of hydrogen-bond donors (Lipinski definition) is 0. The zero-order valence-corrected chi connectivity index (χ0v) is 14.6. The molecule has 0 amide bonds. The Morgan fingerprint density at radius 1 is 1.35 bits per heavy atom. The largest absolute Gasteiger partial charge is 0.534 e. The zero-order chi connectivity index (χ0) is 19.4. The topological polar surface area (TPSA) is 92.0 Å². The highest BCUT2D eigenvalue weighted by molar-refractivity contribution is 7.88. The van der Waals surface area contributed by atoms with Gasteiger partial charge in [0.1, 0.15) is 12.4 Å². The number of alkyl halides is 3. The van der Waals surface area contributed by atoms with Gasteiger partial charge >= 0.3 is 15.6 Å². The van der Waals surface area contributed by atoms with Gasteiger partial charge < -0.3 is 18.1 Å². The molecule has 0 bridgehead atoms. The summed E-state index contributed by atoms with van der Waals surface area (Å²) in [5, 5.41) is 0. The van der Waals surface area contributed by atoms with Crippen LogP contribution in [-0.4, -0.2) is 26.8 Å². The van der Waals surface area contributed by atoms with Gasteiger partial charge in [-0.2, -0.15) is 21.6 Å². The van der Waals surface area contributed by atoms with Crippen LogP contribution in [-0.2, 0) is 26.2 Å². The van der Waals surface area contributed by atoms with Gasteiger partial charge in [0.25, 0.3) is 0 Å². The molecule has 1 aromatic heterocycles. The van der Waals surface area contributed by atoms with Crippen LogP contribution in [0.4, 0.5) is 13.2 Å². The number of hydrogen-bond acceptors (Lipinski definition) is 7. The Balaban J connectivity index is 2.26. The fourth-order valence-corrected chi connectivity index (χ4v) is 2.62. The van der Waals surface area contributed by atoms with Crippen molar-refractivity contribution in [3.8, 4) is 5.75 Å². The van der Waals surface area contributed by atoms with E-state index in [1.165, 1.54) is 13.0 Å². The Bertz CT molecular complexity index is 806. The average Bonchev–Trinajstić information content (AvgIpc) is 2.56. The third kappa shape index (κ3) is 5.08. The first-order valence-electron chi connectivity index (χ1n) is 7.67. The fourth-order valence-electron chi connectivity index (χ4n) is 2.14. The number of allylic oxidation sites excluding steroid dienone is 1. The van der Waals surface area contributed by atoms with Gasteiger partial charge in [-0.1, -0.05) is 6.08 Å². The van der Waals surface area contributed by atoms with Crippen LogP contribution in [0.25, 0.3) is 6.08 Å². The van der Waals surface area contributed by atoms with E-state index >= 15 is 0 Å². The van der Waals surface area contributed by atoms with Crippen LogP contribution in [0.5, 0.6) is 5.75 Å². The monoisotopic (exact) mass is 398 g/mol. The molecule has 1 atom stereocenters. The molecule has 1 aromatic rings. The lowest BCUT2D eigenvalue weighted by Gasteiger charge is -2.22. The van der Waals surface area contributed by atoms with Crippen LogP contribution in [0, 0.1) is 0 Å². The highest BCUT2D eigenvalue weighted by Gasteiger charge is 2.49. The first-order chi connectivity index (χ1) is 12.1. The van der Waals surface area contributed by atoms with E-state index in [9.17, 15) is 26.4 Å². The molecule has 1 fully saturated rings. The molecule has 146 valence electrons. The summed E-state index contributed by atoms with van der Waals surface area (Å²) in [4.78, 5) is 12.1. The third-order valence-electron chi connectivity index (χ3n) is 3.32. The van der Waals surface area contributed by atoms with Crippen LogP contribution in [0.2, 0.25) is 0 Å². The molecule has 1 unspecified atom stereocenters. The zero-order valence-electron chi connectivity index (χ0n) is 13.7. The molecule has 0 aliphatic carbocycles. The highest BCUT2D eigenvalue weighted by atomic mass is 32.2. The summed E-state index contributed by atoms with van der Waals surface area (Å²) < 4.78 is 79.7. The van der Waals surface area contributed by atoms with Gasteiger partial charge in [0, 0.05) is 12.7 Å². The fraction of sp³-hybridized carbons (Fsp3) is 0.533. The molecule has 2 heterocycles. The van der Waals surface area contributed by atoms with Crippen molar-refractivity contribution in [3.05, 3.63) is 33.9 Å². The molecule has 26 heavy (non-hydrogen) atoms. The maximum absolute atomic E-state index is 12.5. The van der Waals surface area contributed by atoms with Crippen molar-refractivity contribution < 1.29 is 39.7 Å². The molecule has 0 spiro atoms. The lowest BCUT2D eigenvalue weighted by Crippen LogP contribution is -2.30. The maximum Gasteiger partial charge on any atom is 0.534 e. The van der Waals surface area contributed by atoms with Crippen molar-refractivity contribution >= 4 is 16.2 Å². The van der Waals surface area contributed by atoms with E-state index < -0.39 is 38.9 Å². The minimum atomic E-state index is -6.00. The summed E-state index contributed by atoms with van der Waals surface area (Å²) in [7, 11) is -6.00. The minimum absolute atomic E-state index is 0.00553. The Labute approximate surface area is 147 Å². The third-order valence-corrected chi connectivity index (χ3v) is 4.28. The van der Waals surface area contributed by atoms with Crippen LogP contribution in [0.3, 0.4) is 0 Å². The molecule has 11 heteroatoms. The van der Waals surface area contributed by atoms with Gasteiger partial charge in [-0.3, -0.25) is 4.79 Å². The highest BCUT2D eigenvalue weighted by Crippen LogP contribution is 2.28. The van der Waals surface area contributed by atoms with E-state index in [2.05, 4.69) is 4.18 Å². The molecule has 1 aliphatic rings. The van der Waals surface area contributed by atoms with Crippen LogP contribution >= 0.6 is 0 Å². The minimum Gasteiger partial charge on any atom is -0.455 e. The molecular formula is C15H17F3O7S. The molecule has 0 aromatic carbocycles. The van der Waals surface area contributed by atoms with Gasteiger partial charge in [-0.25, -0.2) is 0 Å². The smallest absolute Gasteiger partial charge is 0.455 e. The molecule has 7 nitrogen and oxygen atoms in total. The second kappa shape index (κ2) is 8.23. The molecular weight excluding hydrogens is 381 g/mol. The van der Waals surface area contributed by atoms with Crippen LogP contribution < -0.4 is 9.61 Å². The van der Waals surface area contributed by atoms with Crippen molar-refractivity contribution in [2.24, 2.45) is 0 Å². The van der Waals surface area contributed by atoms with Gasteiger partial charge in [-0.15, -0.1) is 0 Å². The van der Waals surface area contributed by atoms with Gasteiger partial charge in [0.05, 0.1) is 0 Å². The van der Waals surface area contributed by atoms with Gasteiger partial charge in [0.2, 0.25) is 11.2 Å². The molecule has 0 N–H and O–H groups in total. The number of halogens is 3. The van der Waals surface area contributed by atoms with Gasteiger partial charge in [-0.05, 0) is 32.3 Å². The van der Waals surface area contributed by atoms with Crippen molar-refractivity contribution in [1.29, 1.82) is 0 Å². The second-order valence-electron chi connectivity index (χ2n) is 5.36. The van der Waals surface area contributed by atoms with E-state index in [1.807, 2.05) is 0 Å².